The zero-order valence-corrected chi connectivity index (χ0v) is 19.8. The molecule has 33 heavy (non-hydrogen) atoms. The number of aldehydes is 1. The highest BCUT2D eigenvalue weighted by molar-refractivity contribution is 6.30. The molecule has 2 aliphatic carbocycles. The number of nitrogens with zero attached hydrogens (tertiary/aromatic N) is 1. The van der Waals surface area contributed by atoms with Crippen molar-refractivity contribution in [1.82, 2.24) is 0 Å². The highest BCUT2D eigenvalue weighted by Gasteiger charge is 2.43. The van der Waals surface area contributed by atoms with Crippen molar-refractivity contribution < 1.29 is 19.1 Å². The first kappa shape index (κ1) is 22.3. The Morgan fingerprint density at radius 2 is 2.09 bits per heavy atom. The quantitative estimate of drug-likeness (QED) is 0.446. The fourth-order valence-corrected chi connectivity index (χ4v) is 6.15. The highest BCUT2D eigenvalue weighted by atomic mass is 35.5. The number of aryl methyl sites for hydroxylation is 1. The molecule has 2 aromatic rings. The van der Waals surface area contributed by atoms with E-state index in [0.29, 0.717) is 30.4 Å². The van der Waals surface area contributed by atoms with Crippen molar-refractivity contribution in [3.8, 4) is 5.75 Å². The van der Waals surface area contributed by atoms with Crippen LogP contribution in [0.15, 0.2) is 36.4 Å². The van der Waals surface area contributed by atoms with E-state index in [9.17, 15) is 9.59 Å². The molecule has 1 fully saturated rings. The number of rotatable bonds is 5. The molecule has 0 amide bonds. The minimum atomic E-state index is -0.350. The van der Waals surface area contributed by atoms with Crippen LogP contribution in [0.4, 0.5) is 5.69 Å². The van der Waals surface area contributed by atoms with Gasteiger partial charge < -0.3 is 19.2 Å². The van der Waals surface area contributed by atoms with Gasteiger partial charge in [-0.3, -0.25) is 0 Å². The first-order chi connectivity index (χ1) is 16.0. The molecule has 1 saturated carbocycles. The molecule has 1 heterocycles. The van der Waals surface area contributed by atoms with Crippen molar-refractivity contribution in [3.63, 3.8) is 0 Å². The minimum Gasteiger partial charge on any atom is -0.490 e. The molecule has 0 N–H and O–H groups in total. The lowest BCUT2D eigenvalue weighted by Gasteiger charge is -2.44. The van der Waals surface area contributed by atoms with Crippen LogP contribution in [0.1, 0.15) is 53.6 Å². The van der Waals surface area contributed by atoms with E-state index in [1.807, 2.05) is 18.2 Å². The van der Waals surface area contributed by atoms with E-state index >= 15 is 0 Å². The van der Waals surface area contributed by atoms with E-state index in [1.54, 1.807) is 6.07 Å². The van der Waals surface area contributed by atoms with Gasteiger partial charge in [0.25, 0.3) is 0 Å². The average Bonchev–Trinajstić information content (AvgIpc) is 2.97. The van der Waals surface area contributed by atoms with Crippen LogP contribution in [0, 0.1) is 11.8 Å². The van der Waals surface area contributed by atoms with E-state index in [2.05, 4.69) is 17.0 Å². The van der Waals surface area contributed by atoms with E-state index in [4.69, 9.17) is 21.1 Å². The van der Waals surface area contributed by atoms with Gasteiger partial charge in [-0.15, -0.1) is 0 Å². The summed E-state index contributed by atoms with van der Waals surface area (Å²) < 4.78 is 11.4. The van der Waals surface area contributed by atoms with Gasteiger partial charge in [-0.2, -0.15) is 0 Å². The summed E-state index contributed by atoms with van der Waals surface area (Å²) in [6.07, 6.45) is 7.06. The number of carbonyl (C=O) groups excluding carboxylic acids is 2. The Morgan fingerprint density at radius 1 is 1.24 bits per heavy atom. The Bertz CT molecular complexity index is 1070. The summed E-state index contributed by atoms with van der Waals surface area (Å²) in [6.45, 7) is 2.25. The number of anilines is 1. The standard InChI is InChI=1S/C27H30ClNO4/c1-32-26(31)20-6-9-25-24(14-20)29(15-21-5-4-18(21)10-12-30)16-27(17-33-25)11-2-3-19-13-22(28)7-8-23(19)27/h6-9,12-14,18,21H,2-5,10-11,15-17H2,1H3/t18-,21-,27-/m0/s1. The first-order valence-corrected chi connectivity index (χ1v) is 12.2. The molecule has 2 aromatic carbocycles. The molecule has 0 bridgehead atoms. The van der Waals surface area contributed by atoms with E-state index in [-0.39, 0.29) is 11.4 Å². The molecule has 0 unspecified atom stereocenters. The number of esters is 1. The molecular weight excluding hydrogens is 438 g/mol. The number of benzene rings is 2. The van der Waals surface area contributed by atoms with Crippen molar-refractivity contribution in [1.29, 1.82) is 0 Å². The lowest BCUT2D eigenvalue weighted by molar-refractivity contribution is -0.109. The van der Waals surface area contributed by atoms with Crippen LogP contribution in [0.25, 0.3) is 0 Å². The molecule has 0 radical (unpaired) electrons. The zero-order valence-electron chi connectivity index (χ0n) is 19.0. The molecule has 3 atom stereocenters. The maximum absolute atomic E-state index is 12.3. The number of hydrogen-bond acceptors (Lipinski definition) is 5. The smallest absolute Gasteiger partial charge is 0.337 e. The molecule has 174 valence electrons. The lowest BCUT2D eigenvalue weighted by Crippen LogP contribution is -2.48. The second-order valence-corrected chi connectivity index (χ2v) is 10.2. The maximum atomic E-state index is 12.3. The Balaban J connectivity index is 1.54. The third-order valence-electron chi connectivity index (χ3n) is 7.89. The van der Waals surface area contributed by atoms with E-state index in [0.717, 1.165) is 67.9 Å². The summed E-state index contributed by atoms with van der Waals surface area (Å²) >= 11 is 6.33. The van der Waals surface area contributed by atoms with Gasteiger partial charge in [-0.05, 0) is 85.4 Å². The summed E-state index contributed by atoms with van der Waals surface area (Å²) in [5, 5.41) is 0.773. The second kappa shape index (κ2) is 9.02. The van der Waals surface area contributed by atoms with Crippen LogP contribution in [-0.2, 0) is 21.4 Å². The van der Waals surface area contributed by atoms with Gasteiger partial charge in [0.05, 0.1) is 25.0 Å². The van der Waals surface area contributed by atoms with Gasteiger partial charge in [-0.1, -0.05) is 17.7 Å². The number of fused-ring (bicyclic) bond motifs is 3. The topological polar surface area (TPSA) is 55.8 Å². The molecular formula is C27H30ClNO4. The summed E-state index contributed by atoms with van der Waals surface area (Å²) in [7, 11) is 1.40. The van der Waals surface area contributed by atoms with Gasteiger partial charge in [0.15, 0.2) is 0 Å². The zero-order chi connectivity index (χ0) is 23.0. The Kier molecular flexibility index (Phi) is 6.09. The minimum absolute atomic E-state index is 0.146. The van der Waals surface area contributed by atoms with E-state index < -0.39 is 0 Å². The van der Waals surface area contributed by atoms with Gasteiger partial charge >= 0.3 is 5.97 Å². The molecule has 0 saturated heterocycles. The van der Waals surface area contributed by atoms with Crippen LogP contribution in [0.3, 0.4) is 0 Å². The van der Waals surface area contributed by atoms with Crippen LogP contribution in [0.5, 0.6) is 5.75 Å². The number of methoxy groups -OCH3 is 1. The monoisotopic (exact) mass is 467 g/mol. The third kappa shape index (κ3) is 4.12. The van der Waals surface area contributed by atoms with E-state index in [1.165, 1.54) is 18.2 Å². The molecule has 1 aliphatic heterocycles. The Morgan fingerprint density at radius 3 is 2.85 bits per heavy atom. The SMILES string of the molecule is COC(=O)c1ccc2c(c1)N(C[C@@H]1CC[C@H]1CC=O)C[C@@]1(CCCc3cc(Cl)ccc31)CO2. The van der Waals surface area contributed by atoms with Crippen LogP contribution >= 0.6 is 11.6 Å². The summed E-state index contributed by atoms with van der Waals surface area (Å²) in [5.74, 6) is 1.35. The first-order valence-electron chi connectivity index (χ1n) is 11.9. The van der Waals surface area contributed by atoms with Gasteiger partial charge in [-0.25, -0.2) is 4.79 Å². The van der Waals surface area contributed by atoms with Crippen LogP contribution < -0.4 is 9.64 Å². The summed E-state index contributed by atoms with van der Waals surface area (Å²) in [5.41, 5.74) is 3.94. The number of carbonyl (C=O) groups is 2. The average molecular weight is 468 g/mol. The van der Waals surface area contributed by atoms with Crippen molar-refractivity contribution >= 4 is 29.5 Å². The fourth-order valence-electron chi connectivity index (χ4n) is 5.95. The second-order valence-electron chi connectivity index (χ2n) is 9.78. The predicted molar refractivity (Wildman–Crippen MR) is 128 cm³/mol. The van der Waals surface area contributed by atoms with Crippen LogP contribution in [0.2, 0.25) is 5.02 Å². The highest BCUT2D eigenvalue weighted by Crippen LogP contribution is 2.46. The van der Waals surface area contributed by atoms with Crippen molar-refractivity contribution in [2.45, 2.75) is 43.9 Å². The molecule has 6 heteroatoms. The van der Waals surface area contributed by atoms with Gasteiger partial charge in [0.1, 0.15) is 12.0 Å². The number of halogens is 1. The Hall–Kier alpha value is -2.53. The van der Waals surface area contributed by atoms with Crippen molar-refractivity contribution in [3.05, 3.63) is 58.1 Å². The molecule has 3 aliphatic rings. The molecule has 5 nitrogen and oxygen atoms in total. The number of ether oxygens (including phenoxy) is 2. The fraction of sp³-hybridized carbons (Fsp3) is 0.481. The number of hydrogen-bond donors (Lipinski definition) is 0. The normalized spacial score (nSPS) is 25.8. The largest absolute Gasteiger partial charge is 0.490 e. The maximum Gasteiger partial charge on any atom is 0.337 e. The Labute approximate surface area is 200 Å². The predicted octanol–water partition coefficient (Wildman–Crippen LogP) is 5.21. The third-order valence-corrected chi connectivity index (χ3v) is 8.12. The lowest BCUT2D eigenvalue weighted by atomic mass is 9.69. The molecule has 0 aromatic heterocycles. The van der Waals surface area contributed by atoms with Gasteiger partial charge in [0, 0.05) is 29.9 Å². The van der Waals surface area contributed by atoms with Gasteiger partial charge in [0.2, 0.25) is 0 Å². The molecule has 5 rings (SSSR count). The molecule has 1 spiro atoms. The van der Waals surface area contributed by atoms with Crippen molar-refractivity contribution in [2.24, 2.45) is 11.8 Å². The van der Waals surface area contributed by atoms with Crippen molar-refractivity contribution in [2.75, 3.05) is 31.7 Å². The van der Waals surface area contributed by atoms with Crippen LogP contribution in [-0.4, -0.2) is 39.1 Å². The summed E-state index contributed by atoms with van der Waals surface area (Å²) in [6, 6.07) is 11.8. The summed E-state index contributed by atoms with van der Waals surface area (Å²) in [4.78, 5) is 25.8.